The molecular formula is C12H11N5O. The Kier molecular flexibility index (Phi) is 2.33. The van der Waals surface area contributed by atoms with Crippen molar-refractivity contribution >= 4 is 17.0 Å². The summed E-state index contributed by atoms with van der Waals surface area (Å²) in [6, 6.07) is 7.04. The van der Waals surface area contributed by atoms with Gasteiger partial charge in [0, 0.05) is 6.42 Å². The number of phenolic OH excluding ortho intramolecular Hbond substituents is 1. The molecule has 3 aromatic rings. The summed E-state index contributed by atoms with van der Waals surface area (Å²) >= 11 is 0. The maximum atomic E-state index is 9.40. The van der Waals surface area contributed by atoms with Gasteiger partial charge in [-0.15, -0.1) is 0 Å². The summed E-state index contributed by atoms with van der Waals surface area (Å²) in [7, 11) is 0. The van der Waals surface area contributed by atoms with Gasteiger partial charge in [0.15, 0.2) is 11.5 Å². The first-order valence-electron chi connectivity index (χ1n) is 5.45. The highest BCUT2D eigenvalue weighted by Crippen LogP contribution is 2.17. The highest BCUT2D eigenvalue weighted by Gasteiger charge is 2.08. The summed E-state index contributed by atoms with van der Waals surface area (Å²) in [5, 5.41) is 9.40. The molecule has 1 aromatic carbocycles. The molecule has 90 valence electrons. The van der Waals surface area contributed by atoms with Gasteiger partial charge in [0.1, 0.15) is 23.4 Å². The fourth-order valence-corrected chi connectivity index (χ4v) is 1.84. The van der Waals surface area contributed by atoms with E-state index in [1.165, 1.54) is 6.33 Å². The third kappa shape index (κ3) is 1.84. The first-order chi connectivity index (χ1) is 8.72. The number of benzene rings is 1. The lowest BCUT2D eigenvalue weighted by molar-refractivity contribution is 0.474. The fourth-order valence-electron chi connectivity index (χ4n) is 1.84. The molecule has 3 rings (SSSR count). The number of aromatic hydroxyl groups is 1. The number of nitrogens with zero attached hydrogens (tertiary/aromatic N) is 3. The Morgan fingerprint density at radius 1 is 1.28 bits per heavy atom. The Morgan fingerprint density at radius 3 is 2.94 bits per heavy atom. The maximum absolute atomic E-state index is 9.40. The van der Waals surface area contributed by atoms with Crippen LogP contribution in [-0.4, -0.2) is 25.0 Å². The molecule has 18 heavy (non-hydrogen) atoms. The van der Waals surface area contributed by atoms with E-state index in [4.69, 9.17) is 5.73 Å². The number of rotatable bonds is 2. The van der Waals surface area contributed by atoms with Crippen molar-refractivity contribution < 1.29 is 5.11 Å². The number of hydrogen-bond acceptors (Lipinski definition) is 5. The van der Waals surface area contributed by atoms with Gasteiger partial charge >= 0.3 is 0 Å². The lowest BCUT2D eigenvalue weighted by Crippen LogP contribution is -1.92. The smallest absolute Gasteiger partial charge is 0.183 e. The zero-order chi connectivity index (χ0) is 12.5. The molecule has 0 amide bonds. The third-order valence-electron chi connectivity index (χ3n) is 2.65. The molecule has 0 atom stereocenters. The average molecular weight is 241 g/mol. The quantitative estimate of drug-likeness (QED) is 0.626. The molecule has 0 bridgehead atoms. The summed E-state index contributed by atoms with van der Waals surface area (Å²) < 4.78 is 0. The number of nitrogens with one attached hydrogen (secondary N) is 1. The van der Waals surface area contributed by atoms with Crippen molar-refractivity contribution in [3.63, 3.8) is 0 Å². The summed E-state index contributed by atoms with van der Waals surface area (Å²) in [6.45, 7) is 0. The predicted octanol–water partition coefficient (Wildman–Crippen LogP) is 1.23. The van der Waals surface area contributed by atoms with Gasteiger partial charge < -0.3 is 15.8 Å². The van der Waals surface area contributed by atoms with Crippen LogP contribution in [0.15, 0.2) is 30.6 Å². The van der Waals surface area contributed by atoms with Gasteiger partial charge in [-0.1, -0.05) is 12.1 Å². The number of imidazole rings is 1. The Balaban J connectivity index is 1.98. The minimum Gasteiger partial charge on any atom is -0.508 e. The molecule has 6 heteroatoms. The molecule has 6 nitrogen and oxygen atoms in total. The Labute approximate surface area is 103 Å². The van der Waals surface area contributed by atoms with Gasteiger partial charge in [-0.2, -0.15) is 0 Å². The summed E-state index contributed by atoms with van der Waals surface area (Å²) in [5.41, 5.74) is 7.88. The van der Waals surface area contributed by atoms with Crippen LogP contribution in [0.2, 0.25) is 0 Å². The lowest BCUT2D eigenvalue weighted by Gasteiger charge is -1.98. The van der Waals surface area contributed by atoms with Crippen molar-refractivity contribution in [2.45, 2.75) is 6.42 Å². The zero-order valence-corrected chi connectivity index (χ0v) is 9.46. The molecule has 0 aliphatic heterocycles. The highest BCUT2D eigenvalue weighted by molar-refractivity contribution is 5.81. The lowest BCUT2D eigenvalue weighted by atomic mass is 10.1. The van der Waals surface area contributed by atoms with Gasteiger partial charge in [-0.05, 0) is 17.7 Å². The van der Waals surface area contributed by atoms with Crippen LogP contribution < -0.4 is 5.73 Å². The van der Waals surface area contributed by atoms with Crippen molar-refractivity contribution in [2.24, 2.45) is 0 Å². The van der Waals surface area contributed by atoms with E-state index in [1.54, 1.807) is 18.2 Å². The minimum absolute atomic E-state index is 0.239. The van der Waals surface area contributed by atoms with E-state index >= 15 is 0 Å². The van der Waals surface area contributed by atoms with Crippen molar-refractivity contribution in [3.8, 4) is 5.75 Å². The van der Waals surface area contributed by atoms with Crippen LogP contribution in [0.25, 0.3) is 11.2 Å². The number of aromatic amines is 1. The minimum atomic E-state index is 0.239. The number of anilines is 1. The average Bonchev–Trinajstić information content (AvgIpc) is 2.73. The molecule has 4 N–H and O–H groups in total. The van der Waals surface area contributed by atoms with Crippen LogP contribution in [0.5, 0.6) is 5.75 Å². The molecule has 0 aliphatic carbocycles. The van der Waals surface area contributed by atoms with Gasteiger partial charge in [0.05, 0.1) is 0 Å². The van der Waals surface area contributed by atoms with Crippen LogP contribution in [0.4, 0.5) is 5.82 Å². The maximum Gasteiger partial charge on any atom is 0.183 e. The second-order valence-corrected chi connectivity index (χ2v) is 3.99. The number of aromatic nitrogens is 4. The fraction of sp³-hybridized carbons (Fsp3) is 0.0833. The summed E-state index contributed by atoms with van der Waals surface area (Å²) in [6.07, 6.45) is 1.96. The molecule has 0 fully saturated rings. The van der Waals surface area contributed by atoms with Crippen LogP contribution >= 0.6 is 0 Å². The number of hydrogen-bond donors (Lipinski definition) is 3. The van der Waals surface area contributed by atoms with Gasteiger partial charge in [0.2, 0.25) is 0 Å². The second-order valence-electron chi connectivity index (χ2n) is 3.99. The van der Waals surface area contributed by atoms with E-state index in [0.717, 1.165) is 11.4 Å². The van der Waals surface area contributed by atoms with E-state index in [2.05, 4.69) is 19.9 Å². The van der Waals surface area contributed by atoms with Gasteiger partial charge in [-0.3, -0.25) is 0 Å². The van der Waals surface area contributed by atoms with Crippen molar-refractivity contribution in [2.75, 3.05) is 5.73 Å². The highest BCUT2D eigenvalue weighted by atomic mass is 16.3. The topological polar surface area (TPSA) is 101 Å². The molecular weight excluding hydrogens is 230 g/mol. The number of fused-ring (bicyclic) bond motifs is 1. The molecule has 0 spiro atoms. The zero-order valence-electron chi connectivity index (χ0n) is 9.46. The van der Waals surface area contributed by atoms with Crippen LogP contribution in [0.1, 0.15) is 11.4 Å². The largest absolute Gasteiger partial charge is 0.508 e. The first-order valence-corrected chi connectivity index (χ1v) is 5.45. The Bertz CT molecular complexity index is 707. The molecule has 2 heterocycles. The van der Waals surface area contributed by atoms with E-state index in [0.29, 0.717) is 23.4 Å². The van der Waals surface area contributed by atoms with Crippen LogP contribution in [0, 0.1) is 0 Å². The predicted molar refractivity (Wildman–Crippen MR) is 67.0 cm³/mol. The molecule has 2 aromatic heterocycles. The number of nitrogens with two attached hydrogens (primary N) is 1. The van der Waals surface area contributed by atoms with Crippen molar-refractivity contribution in [1.82, 2.24) is 19.9 Å². The van der Waals surface area contributed by atoms with Gasteiger partial charge in [-0.25, -0.2) is 15.0 Å². The van der Waals surface area contributed by atoms with Crippen LogP contribution in [0.3, 0.4) is 0 Å². The number of nitrogen functional groups attached to an aromatic ring is 1. The monoisotopic (exact) mass is 241 g/mol. The second kappa shape index (κ2) is 3.99. The van der Waals surface area contributed by atoms with Gasteiger partial charge in [0.25, 0.3) is 0 Å². The van der Waals surface area contributed by atoms with E-state index in [1.807, 2.05) is 6.07 Å². The SMILES string of the molecule is Nc1ncnc2nc(Cc3cccc(O)c3)[nH]c12. The van der Waals surface area contributed by atoms with Crippen molar-refractivity contribution in [1.29, 1.82) is 0 Å². The molecule has 0 radical (unpaired) electrons. The third-order valence-corrected chi connectivity index (χ3v) is 2.65. The Morgan fingerprint density at radius 2 is 2.17 bits per heavy atom. The summed E-state index contributed by atoms with van der Waals surface area (Å²) in [4.78, 5) is 15.4. The molecule has 0 saturated heterocycles. The summed E-state index contributed by atoms with van der Waals surface area (Å²) in [5.74, 6) is 1.36. The number of phenols is 1. The van der Waals surface area contributed by atoms with E-state index < -0.39 is 0 Å². The van der Waals surface area contributed by atoms with E-state index in [9.17, 15) is 5.11 Å². The number of H-pyrrole nitrogens is 1. The Hall–Kier alpha value is -2.63. The molecule has 0 aliphatic rings. The van der Waals surface area contributed by atoms with E-state index in [-0.39, 0.29) is 5.75 Å². The molecule has 0 saturated carbocycles. The standard InChI is InChI=1S/C12H11N5O/c13-11-10-12(15-6-14-11)17-9(16-10)5-7-2-1-3-8(18)4-7/h1-4,6,18H,5H2,(H3,13,14,15,16,17). The van der Waals surface area contributed by atoms with Crippen molar-refractivity contribution in [3.05, 3.63) is 42.0 Å². The normalized spacial score (nSPS) is 10.9. The molecule has 0 unspecified atom stereocenters. The van der Waals surface area contributed by atoms with Crippen LogP contribution in [-0.2, 0) is 6.42 Å². The first kappa shape index (κ1) is 10.5.